The van der Waals surface area contributed by atoms with E-state index in [2.05, 4.69) is 60.8 Å². The van der Waals surface area contributed by atoms with E-state index in [0.717, 1.165) is 10.4 Å². The van der Waals surface area contributed by atoms with Crippen molar-refractivity contribution in [1.29, 1.82) is 0 Å². The molecular weight excluding hydrogens is 749 g/mol. The van der Waals surface area contributed by atoms with Crippen molar-refractivity contribution in [1.82, 2.24) is 10.2 Å². The molecule has 3 aromatic rings. The predicted molar refractivity (Wildman–Crippen MR) is 223 cm³/mol. The van der Waals surface area contributed by atoms with E-state index >= 15 is 0 Å². The number of nitrogens with zero attached hydrogens (tertiary/aromatic N) is 1. The fourth-order valence-corrected chi connectivity index (χ4v) is 10.5. The molecule has 56 heavy (non-hydrogen) atoms. The van der Waals surface area contributed by atoms with Gasteiger partial charge in [-0.3, -0.25) is 14.5 Å². The monoisotopic (exact) mass is 808 g/mol. The zero-order valence-electron chi connectivity index (χ0n) is 33.9. The number of aliphatic hydroxyl groups is 5. The van der Waals surface area contributed by atoms with Gasteiger partial charge in [-0.2, -0.15) is 0 Å². The Morgan fingerprint density at radius 1 is 0.982 bits per heavy atom. The lowest BCUT2D eigenvalue weighted by atomic mass is 9.78. The van der Waals surface area contributed by atoms with Gasteiger partial charge in [0.25, 0.3) is 0 Å². The molecule has 5 rings (SSSR count). The average molecular weight is 809 g/mol. The summed E-state index contributed by atoms with van der Waals surface area (Å²) in [5.74, 6) is -3.11. The molecule has 0 unspecified atom stereocenters. The quantitative estimate of drug-likeness (QED) is 0.0713. The molecule has 0 saturated carbocycles. The van der Waals surface area contributed by atoms with Crippen LogP contribution >= 0.6 is 23.1 Å². The summed E-state index contributed by atoms with van der Waals surface area (Å²) in [5, 5.41) is 59.9. The van der Waals surface area contributed by atoms with Gasteiger partial charge in [-0.05, 0) is 95.7 Å². The summed E-state index contributed by atoms with van der Waals surface area (Å²) in [6, 6.07) is 16.5. The number of fused-ring (bicyclic) bond motifs is 5. The minimum atomic E-state index is -1.84. The van der Waals surface area contributed by atoms with Crippen LogP contribution in [-0.4, -0.2) is 104 Å². The molecule has 3 heterocycles. The van der Waals surface area contributed by atoms with Crippen molar-refractivity contribution in [2.24, 2.45) is 17.8 Å². The third kappa shape index (κ3) is 9.78. The van der Waals surface area contributed by atoms with E-state index in [-0.39, 0.29) is 24.7 Å². The lowest BCUT2D eigenvalue weighted by molar-refractivity contribution is -0.193. The number of benzene rings is 2. The minimum absolute atomic E-state index is 0.167. The number of rotatable bonds is 7. The molecule has 1 aromatic heterocycles. The molecule has 6 N–H and O–H groups in total. The van der Waals surface area contributed by atoms with Crippen molar-refractivity contribution < 1.29 is 39.9 Å². The molecule has 0 aliphatic carbocycles. The molecule has 12 heteroatoms. The Bertz CT molecular complexity index is 1870. The highest BCUT2D eigenvalue weighted by atomic mass is 32.2. The first-order chi connectivity index (χ1) is 26.3. The highest BCUT2D eigenvalue weighted by Crippen LogP contribution is 2.51. The number of thiophene rings is 1. The van der Waals surface area contributed by atoms with Crippen LogP contribution in [0.3, 0.4) is 0 Å². The van der Waals surface area contributed by atoms with Crippen molar-refractivity contribution in [2.75, 3.05) is 19.6 Å². The number of hydrogen-bond donors (Lipinski definition) is 6. The number of cyclic esters (lactones) is 1. The Hall–Kier alpha value is -3.07. The molecule has 10 nitrogen and oxygen atoms in total. The van der Waals surface area contributed by atoms with E-state index in [9.17, 15) is 35.1 Å². The van der Waals surface area contributed by atoms with E-state index < -0.39 is 59.5 Å². The van der Waals surface area contributed by atoms with Gasteiger partial charge >= 0.3 is 5.97 Å². The van der Waals surface area contributed by atoms with Gasteiger partial charge in [0, 0.05) is 68.3 Å². The minimum Gasteiger partial charge on any atom is -0.459 e. The topological polar surface area (TPSA) is 160 Å². The third-order valence-electron chi connectivity index (χ3n) is 11.6. The fraction of sp³-hybridized carbons (Fsp3) is 0.545. The second-order valence-electron chi connectivity index (χ2n) is 16.5. The van der Waals surface area contributed by atoms with Crippen molar-refractivity contribution in [3.8, 4) is 21.6 Å². The SMILES string of the molecule is CC[C@H]1OC(=O)[C@H](C)[C@@H](O)[C@H](C)[C@@H](O)[C@](C)(O)C[C@@H](C)CN(CCCNC(=O)C=Cc2cc3c(s2)-c2cc(C)ccc2Sc2ccccc2-3)[C@H](C)[C@@H](O)[C@]1(C)O. The molecule has 1 amide bonds. The first-order valence-corrected chi connectivity index (χ1v) is 21.4. The van der Waals surface area contributed by atoms with Crippen LogP contribution < -0.4 is 5.32 Å². The van der Waals surface area contributed by atoms with Gasteiger partial charge in [0.05, 0.1) is 23.7 Å². The lowest BCUT2D eigenvalue weighted by Crippen LogP contribution is -2.59. The maximum Gasteiger partial charge on any atom is 0.311 e. The molecule has 2 aromatic carbocycles. The van der Waals surface area contributed by atoms with Gasteiger partial charge in [-0.15, -0.1) is 11.3 Å². The Morgan fingerprint density at radius 3 is 2.39 bits per heavy atom. The molecule has 306 valence electrons. The number of carbonyl (C=O) groups is 2. The lowest BCUT2D eigenvalue weighted by Gasteiger charge is -2.43. The van der Waals surface area contributed by atoms with Crippen LogP contribution in [0.25, 0.3) is 27.6 Å². The van der Waals surface area contributed by atoms with Crippen LogP contribution in [0.5, 0.6) is 0 Å². The zero-order valence-corrected chi connectivity index (χ0v) is 35.5. The second-order valence-corrected chi connectivity index (χ2v) is 18.6. The molecule has 2 aliphatic heterocycles. The van der Waals surface area contributed by atoms with E-state index in [0.29, 0.717) is 26.1 Å². The summed E-state index contributed by atoms with van der Waals surface area (Å²) in [5.41, 5.74) is 1.28. The molecule has 1 fully saturated rings. The average Bonchev–Trinajstić information content (AvgIpc) is 3.54. The number of nitrogens with one attached hydrogen (secondary N) is 1. The number of hydrogen-bond acceptors (Lipinski definition) is 11. The number of aryl methyl sites for hydroxylation is 1. The molecule has 10 atom stereocenters. The van der Waals surface area contributed by atoms with Crippen molar-refractivity contribution in [3.05, 3.63) is 65.0 Å². The third-order valence-corrected chi connectivity index (χ3v) is 13.9. The highest BCUT2D eigenvalue weighted by Gasteiger charge is 2.47. The normalized spacial score (nSPS) is 32.0. The van der Waals surface area contributed by atoms with Crippen LogP contribution in [-0.2, 0) is 14.3 Å². The van der Waals surface area contributed by atoms with Gasteiger partial charge in [-0.25, -0.2) is 0 Å². The van der Waals surface area contributed by atoms with E-state index in [1.165, 1.54) is 52.1 Å². The predicted octanol–water partition coefficient (Wildman–Crippen LogP) is 6.28. The van der Waals surface area contributed by atoms with Crippen molar-refractivity contribution in [3.63, 3.8) is 0 Å². The summed E-state index contributed by atoms with van der Waals surface area (Å²) in [4.78, 5) is 32.8. The molecule has 0 bridgehead atoms. The van der Waals surface area contributed by atoms with Crippen LogP contribution in [0.1, 0.15) is 78.2 Å². The number of amides is 1. The fourth-order valence-electron chi connectivity index (χ4n) is 8.25. The Labute approximate surface area is 340 Å². The van der Waals surface area contributed by atoms with E-state index in [1.807, 2.05) is 17.9 Å². The molecule has 2 aliphatic rings. The number of carbonyl (C=O) groups excluding carboxylic acids is 2. The van der Waals surface area contributed by atoms with Crippen LogP contribution in [0.15, 0.2) is 64.4 Å². The molecular formula is C44H60N2O8S2. The van der Waals surface area contributed by atoms with Crippen LogP contribution in [0, 0.1) is 24.7 Å². The Balaban J connectivity index is 1.29. The summed E-state index contributed by atoms with van der Waals surface area (Å²) in [6.07, 6.45) is -0.785. The van der Waals surface area contributed by atoms with Gasteiger partial charge in [0.2, 0.25) is 5.91 Å². The first-order valence-electron chi connectivity index (χ1n) is 19.8. The van der Waals surface area contributed by atoms with Gasteiger partial charge in [0.15, 0.2) is 0 Å². The zero-order chi connectivity index (χ0) is 41.1. The molecule has 0 spiro atoms. The van der Waals surface area contributed by atoms with Crippen molar-refractivity contribution in [2.45, 2.75) is 126 Å². The summed E-state index contributed by atoms with van der Waals surface area (Å²) in [7, 11) is 0. The van der Waals surface area contributed by atoms with Gasteiger partial charge < -0.3 is 35.6 Å². The maximum atomic E-state index is 13.2. The first kappa shape index (κ1) is 44.0. The van der Waals surface area contributed by atoms with E-state index in [4.69, 9.17) is 4.74 Å². The van der Waals surface area contributed by atoms with Crippen molar-refractivity contribution >= 4 is 41.1 Å². The summed E-state index contributed by atoms with van der Waals surface area (Å²) in [6.45, 7) is 14.8. The summed E-state index contributed by atoms with van der Waals surface area (Å²) >= 11 is 3.44. The standard InChI is InChI=1S/C44H60N2O8S2/c1-9-36-44(8,53)41(50)29(6)46(24-26(3)23-43(7,52)40(49)27(4)38(48)28(5)42(51)54-36)20-12-19-45-37(47)18-16-30-22-32-31-13-10-11-14-34(31)56-35-17-15-25(2)21-33(35)39(32)55-30/h10-11,13-18,21-22,26-29,36,38,40-41,48-50,52-53H,9,12,19-20,23-24H2,1-8H3,(H,45,47)/t26-,27+,28-,29-,36-,38+,40-,41-,43-,44-/m1/s1. The maximum absolute atomic E-state index is 13.2. The smallest absolute Gasteiger partial charge is 0.311 e. The number of ether oxygens (including phenoxy) is 1. The van der Waals surface area contributed by atoms with Crippen LogP contribution in [0.2, 0.25) is 0 Å². The highest BCUT2D eigenvalue weighted by molar-refractivity contribution is 7.99. The molecule has 1 saturated heterocycles. The summed E-state index contributed by atoms with van der Waals surface area (Å²) < 4.78 is 5.70. The molecule has 0 radical (unpaired) electrons. The number of aliphatic hydroxyl groups excluding tert-OH is 3. The Morgan fingerprint density at radius 2 is 1.68 bits per heavy atom. The largest absolute Gasteiger partial charge is 0.459 e. The van der Waals surface area contributed by atoms with Crippen LogP contribution in [0.4, 0.5) is 0 Å². The van der Waals surface area contributed by atoms with E-state index in [1.54, 1.807) is 49.9 Å². The second kappa shape index (κ2) is 18.2. The van der Waals surface area contributed by atoms with Gasteiger partial charge in [0.1, 0.15) is 17.8 Å². The Kier molecular flexibility index (Phi) is 14.3. The van der Waals surface area contributed by atoms with Gasteiger partial charge in [-0.1, -0.05) is 62.4 Å². The number of esters is 1.